The number of benzene rings is 1. The smallest absolute Gasteiger partial charge is 0.287 e. The standard InChI is InChI=1S/C17H19N3O4S/c21-20(22)15-4-5-17(18-11-15)19-14-3-1-2-13(10-14)12-25(23)16-6-8-24-9-7-16/h1-5,10-11,16H,6-9,12H2,(H,18,19). The number of pyridine rings is 1. The Kier molecular flexibility index (Phi) is 5.72. The van der Waals surface area contributed by atoms with Crippen LogP contribution in [0.5, 0.6) is 0 Å². The van der Waals surface area contributed by atoms with Gasteiger partial charge >= 0.3 is 0 Å². The first kappa shape index (κ1) is 17.5. The fourth-order valence-corrected chi connectivity index (χ4v) is 4.14. The molecule has 0 aliphatic carbocycles. The summed E-state index contributed by atoms with van der Waals surface area (Å²) in [6.45, 7) is 1.37. The van der Waals surface area contributed by atoms with Gasteiger partial charge in [0, 0.05) is 46.8 Å². The summed E-state index contributed by atoms with van der Waals surface area (Å²) in [4.78, 5) is 14.2. The second kappa shape index (κ2) is 8.17. The van der Waals surface area contributed by atoms with Gasteiger partial charge in [0.25, 0.3) is 5.69 Å². The zero-order valence-corrected chi connectivity index (χ0v) is 14.4. The Hall–Kier alpha value is -2.32. The van der Waals surface area contributed by atoms with E-state index in [0.29, 0.717) is 24.8 Å². The molecule has 0 amide bonds. The molecule has 1 aliphatic heterocycles. The van der Waals surface area contributed by atoms with Gasteiger partial charge in [-0.2, -0.15) is 0 Å². The first-order chi connectivity index (χ1) is 12.1. The van der Waals surface area contributed by atoms with Crippen LogP contribution >= 0.6 is 0 Å². The van der Waals surface area contributed by atoms with Gasteiger partial charge in [0.1, 0.15) is 12.0 Å². The van der Waals surface area contributed by atoms with Gasteiger partial charge in [-0.05, 0) is 36.6 Å². The molecule has 1 aromatic carbocycles. The summed E-state index contributed by atoms with van der Waals surface area (Å²) in [5, 5.41) is 14.0. The van der Waals surface area contributed by atoms with Crippen molar-refractivity contribution in [3.05, 3.63) is 58.3 Å². The van der Waals surface area contributed by atoms with Crippen molar-refractivity contribution >= 4 is 28.0 Å². The Morgan fingerprint density at radius 1 is 1.28 bits per heavy atom. The molecule has 0 saturated carbocycles. The van der Waals surface area contributed by atoms with E-state index in [9.17, 15) is 14.3 Å². The number of nitrogens with zero attached hydrogens (tertiary/aromatic N) is 2. The van der Waals surface area contributed by atoms with Crippen LogP contribution in [0.3, 0.4) is 0 Å². The lowest BCUT2D eigenvalue weighted by Gasteiger charge is -2.21. The number of hydrogen-bond donors (Lipinski definition) is 1. The molecule has 0 bridgehead atoms. The van der Waals surface area contributed by atoms with Crippen LogP contribution in [0.15, 0.2) is 42.6 Å². The molecule has 1 atom stereocenters. The predicted octanol–water partition coefficient (Wildman–Crippen LogP) is 3.16. The molecule has 132 valence electrons. The van der Waals surface area contributed by atoms with Crippen LogP contribution < -0.4 is 5.32 Å². The van der Waals surface area contributed by atoms with E-state index >= 15 is 0 Å². The lowest BCUT2D eigenvalue weighted by molar-refractivity contribution is -0.385. The summed E-state index contributed by atoms with van der Waals surface area (Å²) >= 11 is 0. The highest BCUT2D eigenvalue weighted by Crippen LogP contribution is 2.21. The maximum atomic E-state index is 12.5. The summed E-state index contributed by atoms with van der Waals surface area (Å²) in [6, 6.07) is 10.6. The van der Waals surface area contributed by atoms with Gasteiger partial charge in [-0.3, -0.25) is 14.3 Å². The summed E-state index contributed by atoms with van der Waals surface area (Å²) in [5.41, 5.74) is 1.74. The molecule has 3 rings (SSSR count). The van der Waals surface area contributed by atoms with E-state index in [1.165, 1.54) is 12.3 Å². The van der Waals surface area contributed by atoms with Crippen LogP contribution in [-0.4, -0.2) is 32.6 Å². The first-order valence-electron chi connectivity index (χ1n) is 8.03. The van der Waals surface area contributed by atoms with E-state index in [1.807, 2.05) is 24.3 Å². The molecule has 1 aliphatic rings. The molecular weight excluding hydrogens is 342 g/mol. The summed E-state index contributed by atoms with van der Waals surface area (Å²) < 4.78 is 17.8. The molecule has 0 radical (unpaired) electrons. The molecule has 1 unspecified atom stereocenters. The maximum Gasteiger partial charge on any atom is 0.287 e. The van der Waals surface area contributed by atoms with E-state index in [1.54, 1.807) is 6.07 Å². The summed E-state index contributed by atoms with van der Waals surface area (Å²) in [6.07, 6.45) is 2.90. The van der Waals surface area contributed by atoms with Gasteiger partial charge in [-0.25, -0.2) is 4.98 Å². The second-order valence-corrected chi connectivity index (χ2v) is 7.54. The predicted molar refractivity (Wildman–Crippen MR) is 96.3 cm³/mol. The molecule has 1 fully saturated rings. The van der Waals surface area contributed by atoms with Crippen molar-refractivity contribution < 1.29 is 13.9 Å². The minimum absolute atomic E-state index is 0.0499. The average Bonchev–Trinajstić information content (AvgIpc) is 2.63. The number of aromatic nitrogens is 1. The van der Waals surface area contributed by atoms with E-state index in [-0.39, 0.29) is 10.9 Å². The zero-order chi connectivity index (χ0) is 17.6. The number of anilines is 2. The van der Waals surface area contributed by atoms with Gasteiger partial charge < -0.3 is 10.1 Å². The van der Waals surface area contributed by atoms with E-state index < -0.39 is 15.7 Å². The largest absolute Gasteiger partial charge is 0.381 e. The number of nitrogens with one attached hydrogen (secondary N) is 1. The van der Waals surface area contributed by atoms with Crippen molar-refractivity contribution in [1.82, 2.24) is 4.98 Å². The van der Waals surface area contributed by atoms with Gasteiger partial charge in [0.2, 0.25) is 0 Å². The number of rotatable bonds is 6. The van der Waals surface area contributed by atoms with Gasteiger partial charge in [0.05, 0.1) is 4.92 Å². The van der Waals surface area contributed by atoms with E-state index in [0.717, 1.165) is 24.1 Å². The topological polar surface area (TPSA) is 94.4 Å². The van der Waals surface area contributed by atoms with Gasteiger partial charge in [-0.15, -0.1) is 0 Å². The molecule has 2 heterocycles. The summed E-state index contributed by atoms with van der Waals surface area (Å²) in [7, 11) is -0.919. The minimum Gasteiger partial charge on any atom is -0.381 e. The first-order valence-corrected chi connectivity index (χ1v) is 9.41. The molecule has 2 aromatic rings. The van der Waals surface area contributed by atoms with Crippen LogP contribution in [0.1, 0.15) is 18.4 Å². The Balaban J connectivity index is 1.64. The van der Waals surface area contributed by atoms with Crippen molar-refractivity contribution in [2.45, 2.75) is 23.8 Å². The Labute approximate surface area is 148 Å². The summed E-state index contributed by atoms with van der Waals surface area (Å²) in [5.74, 6) is 1.03. The van der Waals surface area contributed by atoms with Crippen LogP contribution in [0.4, 0.5) is 17.2 Å². The fraction of sp³-hybridized carbons (Fsp3) is 0.353. The second-order valence-electron chi connectivity index (χ2n) is 5.82. The molecule has 0 spiro atoms. The Bertz CT molecular complexity index is 761. The lowest BCUT2D eigenvalue weighted by Crippen LogP contribution is -2.25. The maximum absolute atomic E-state index is 12.5. The third kappa shape index (κ3) is 4.83. The Morgan fingerprint density at radius 3 is 2.76 bits per heavy atom. The number of hydrogen-bond acceptors (Lipinski definition) is 6. The highest BCUT2D eigenvalue weighted by atomic mass is 32.2. The minimum atomic E-state index is -0.919. The van der Waals surface area contributed by atoms with Crippen LogP contribution in [0, 0.1) is 10.1 Å². The highest BCUT2D eigenvalue weighted by Gasteiger charge is 2.20. The van der Waals surface area contributed by atoms with Crippen molar-refractivity contribution in [3.63, 3.8) is 0 Å². The molecule has 7 nitrogen and oxygen atoms in total. The molecule has 1 saturated heterocycles. The molecule has 1 N–H and O–H groups in total. The van der Waals surface area contributed by atoms with Crippen molar-refractivity contribution in [1.29, 1.82) is 0 Å². The molecule has 25 heavy (non-hydrogen) atoms. The van der Waals surface area contributed by atoms with Crippen LogP contribution in [-0.2, 0) is 21.3 Å². The molecular formula is C17H19N3O4S. The highest BCUT2D eigenvalue weighted by molar-refractivity contribution is 7.84. The third-order valence-electron chi connectivity index (χ3n) is 4.01. The number of nitro groups is 1. The SMILES string of the molecule is O=[N+]([O-])c1ccc(Nc2cccc(CS(=O)C3CCOCC3)c2)nc1. The molecule has 8 heteroatoms. The van der Waals surface area contributed by atoms with Crippen molar-refractivity contribution in [2.75, 3.05) is 18.5 Å². The van der Waals surface area contributed by atoms with Gasteiger partial charge in [0.15, 0.2) is 0 Å². The molecule has 1 aromatic heterocycles. The monoisotopic (exact) mass is 361 g/mol. The quantitative estimate of drug-likeness (QED) is 0.627. The lowest BCUT2D eigenvalue weighted by atomic mass is 10.2. The van der Waals surface area contributed by atoms with Crippen molar-refractivity contribution in [3.8, 4) is 0 Å². The van der Waals surface area contributed by atoms with Gasteiger partial charge in [-0.1, -0.05) is 12.1 Å². The zero-order valence-electron chi connectivity index (χ0n) is 13.6. The van der Waals surface area contributed by atoms with Crippen LogP contribution in [0.2, 0.25) is 0 Å². The third-order valence-corrected chi connectivity index (χ3v) is 5.84. The normalized spacial score (nSPS) is 16.3. The fourth-order valence-electron chi connectivity index (χ4n) is 2.68. The number of ether oxygens (including phenoxy) is 1. The van der Waals surface area contributed by atoms with E-state index in [2.05, 4.69) is 10.3 Å². The van der Waals surface area contributed by atoms with E-state index in [4.69, 9.17) is 4.74 Å². The average molecular weight is 361 g/mol. The van der Waals surface area contributed by atoms with Crippen molar-refractivity contribution in [2.24, 2.45) is 0 Å². The Morgan fingerprint density at radius 2 is 2.08 bits per heavy atom. The van der Waals surface area contributed by atoms with Crippen LogP contribution in [0.25, 0.3) is 0 Å².